The zero-order valence-electron chi connectivity index (χ0n) is 18.9. The molecular weight excluding hydrogens is 452 g/mol. The molecule has 0 bridgehead atoms. The lowest BCUT2D eigenvalue weighted by Gasteiger charge is -2.12. The molecule has 176 valence electrons. The SMILES string of the molecule is Cc1nn(C2CCS(=O)(=O)C2)c2nc(-c3ccccc3)cc(C(=O)NCCCn3ccnc3)c12. The Balaban J connectivity index is 1.51. The minimum atomic E-state index is -3.10. The molecule has 0 aliphatic carbocycles. The molecule has 1 aliphatic rings. The van der Waals surface area contributed by atoms with Gasteiger partial charge in [-0.1, -0.05) is 30.3 Å². The Morgan fingerprint density at radius 3 is 2.76 bits per heavy atom. The molecule has 3 aromatic heterocycles. The molecule has 1 amide bonds. The molecular formula is C24H26N6O3S. The van der Waals surface area contributed by atoms with E-state index < -0.39 is 9.84 Å². The van der Waals surface area contributed by atoms with Crippen LogP contribution in [0.1, 0.15) is 34.9 Å². The van der Waals surface area contributed by atoms with Crippen molar-refractivity contribution < 1.29 is 13.2 Å². The minimum Gasteiger partial charge on any atom is -0.352 e. The molecule has 1 unspecified atom stereocenters. The molecule has 1 saturated heterocycles. The van der Waals surface area contributed by atoms with Gasteiger partial charge in [0.15, 0.2) is 15.5 Å². The molecule has 1 aliphatic heterocycles. The van der Waals surface area contributed by atoms with E-state index in [0.717, 1.165) is 18.5 Å². The first-order chi connectivity index (χ1) is 16.4. The van der Waals surface area contributed by atoms with Gasteiger partial charge in [-0.15, -0.1) is 0 Å². The van der Waals surface area contributed by atoms with Crippen LogP contribution >= 0.6 is 0 Å². The summed E-state index contributed by atoms with van der Waals surface area (Å²) in [4.78, 5) is 22.2. The Labute approximate surface area is 197 Å². The lowest BCUT2D eigenvalue weighted by atomic mass is 10.0. The van der Waals surface area contributed by atoms with Gasteiger partial charge in [0, 0.05) is 31.0 Å². The van der Waals surface area contributed by atoms with Crippen molar-refractivity contribution in [2.24, 2.45) is 0 Å². The van der Waals surface area contributed by atoms with Gasteiger partial charge < -0.3 is 9.88 Å². The number of imidazole rings is 1. The fourth-order valence-corrected chi connectivity index (χ4v) is 6.14. The van der Waals surface area contributed by atoms with E-state index in [9.17, 15) is 13.2 Å². The monoisotopic (exact) mass is 478 g/mol. The number of hydrogen-bond donors (Lipinski definition) is 1. The third kappa shape index (κ3) is 4.45. The Bertz CT molecular complexity index is 1430. The number of carbonyl (C=O) groups is 1. The van der Waals surface area contributed by atoms with Crippen LogP contribution in [0.15, 0.2) is 55.1 Å². The van der Waals surface area contributed by atoms with Gasteiger partial charge in [-0.25, -0.2) is 23.1 Å². The molecule has 9 nitrogen and oxygen atoms in total. The first-order valence-electron chi connectivity index (χ1n) is 11.3. The highest BCUT2D eigenvalue weighted by atomic mass is 32.2. The van der Waals surface area contributed by atoms with Crippen molar-refractivity contribution in [3.8, 4) is 11.3 Å². The van der Waals surface area contributed by atoms with Crippen molar-refractivity contribution in [2.45, 2.75) is 32.4 Å². The van der Waals surface area contributed by atoms with Gasteiger partial charge in [0.05, 0.1) is 46.2 Å². The summed E-state index contributed by atoms with van der Waals surface area (Å²) in [5.74, 6) is -0.0198. The van der Waals surface area contributed by atoms with Gasteiger partial charge in [0.1, 0.15) is 0 Å². The number of aromatic nitrogens is 5. The van der Waals surface area contributed by atoms with E-state index in [1.54, 1.807) is 23.3 Å². The number of nitrogens with one attached hydrogen (secondary N) is 1. The standard InChI is InChI=1S/C24H26N6O3S/c1-17-22-20(24(31)26-9-5-11-29-12-10-25-16-29)14-21(18-6-3-2-4-7-18)27-23(22)30(28-17)19-8-13-34(32,33)15-19/h2-4,6-7,10,12,14,16,19H,5,8-9,11,13,15H2,1H3,(H,26,31). The summed E-state index contributed by atoms with van der Waals surface area (Å²) in [6.07, 6.45) is 6.63. The number of nitrogens with zero attached hydrogens (tertiary/aromatic N) is 5. The molecule has 4 heterocycles. The summed E-state index contributed by atoms with van der Waals surface area (Å²) in [5, 5.41) is 8.33. The molecule has 0 saturated carbocycles. The average Bonchev–Trinajstić information content (AvgIpc) is 3.56. The first kappa shape index (κ1) is 22.3. The predicted octanol–water partition coefficient (Wildman–Crippen LogP) is 2.78. The van der Waals surface area contributed by atoms with E-state index in [2.05, 4.69) is 15.4 Å². The second-order valence-electron chi connectivity index (χ2n) is 8.62. The second-order valence-corrected chi connectivity index (χ2v) is 10.8. The van der Waals surface area contributed by atoms with E-state index in [-0.39, 0.29) is 23.5 Å². The number of rotatable bonds is 7. The normalized spacial score (nSPS) is 17.3. The number of hydrogen-bond acceptors (Lipinski definition) is 6. The third-order valence-electron chi connectivity index (χ3n) is 6.14. The average molecular weight is 479 g/mol. The lowest BCUT2D eigenvalue weighted by molar-refractivity contribution is 0.0954. The maximum atomic E-state index is 13.3. The zero-order valence-corrected chi connectivity index (χ0v) is 19.7. The van der Waals surface area contributed by atoms with Crippen LogP contribution < -0.4 is 5.32 Å². The fraction of sp³-hybridized carbons (Fsp3) is 0.333. The summed E-state index contributed by atoms with van der Waals surface area (Å²) in [5.41, 5.74) is 3.23. The molecule has 1 fully saturated rings. The van der Waals surface area contributed by atoms with Crippen LogP contribution in [0.25, 0.3) is 22.3 Å². The van der Waals surface area contributed by atoms with Crippen molar-refractivity contribution in [2.75, 3.05) is 18.1 Å². The summed E-state index contributed by atoms with van der Waals surface area (Å²) in [7, 11) is -3.10. The van der Waals surface area contributed by atoms with Gasteiger partial charge in [-0.05, 0) is 25.8 Å². The van der Waals surface area contributed by atoms with E-state index in [1.165, 1.54) is 0 Å². The van der Waals surface area contributed by atoms with Gasteiger partial charge in [-0.2, -0.15) is 5.10 Å². The Hall–Kier alpha value is -3.53. The molecule has 1 atom stereocenters. The molecule has 34 heavy (non-hydrogen) atoms. The summed E-state index contributed by atoms with van der Waals surface area (Å²) >= 11 is 0. The molecule has 4 aromatic rings. The summed E-state index contributed by atoms with van der Waals surface area (Å²) in [6, 6.07) is 11.2. The van der Waals surface area contributed by atoms with Crippen LogP contribution in [0.5, 0.6) is 0 Å². The largest absolute Gasteiger partial charge is 0.352 e. The van der Waals surface area contributed by atoms with E-state index in [4.69, 9.17) is 4.98 Å². The minimum absolute atomic E-state index is 0.0379. The van der Waals surface area contributed by atoms with Gasteiger partial charge in [-0.3, -0.25) is 4.79 Å². The van der Waals surface area contributed by atoms with Crippen molar-refractivity contribution in [3.63, 3.8) is 0 Å². The topological polar surface area (TPSA) is 112 Å². The Morgan fingerprint density at radius 2 is 2.06 bits per heavy atom. The first-order valence-corrected chi connectivity index (χ1v) is 13.1. The van der Waals surface area contributed by atoms with Crippen molar-refractivity contribution in [1.29, 1.82) is 0 Å². The smallest absolute Gasteiger partial charge is 0.252 e. The molecule has 0 spiro atoms. The number of amides is 1. The maximum Gasteiger partial charge on any atom is 0.252 e. The van der Waals surface area contributed by atoms with E-state index >= 15 is 0 Å². The zero-order chi connectivity index (χ0) is 23.7. The molecule has 0 radical (unpaired) electrons. The number of aryl methyl sites for hydroxylation is 2. The summed E-state index contributed by atoms with van der Waals surface area (Å²) < 4.78 is 27.9. The van der Waals surface area contributed by atoms with Gasteiger partial charge in [0.2, 0.25) is 0 Å². The Kier molecular flexibility index (Phi) is 5.91. The number of pyridine rings is 1. The lowest BCUT2D eigenvalue weighted by Crippen LogP contribution is -2.25. The number of benzene rings is 1. The van der Waals surface area contributed by atoms with E-state index in [0.29, 0.717) is 41.0 Å². The van der Waals surface area contributed by atoms with Gasteiger partial charge in [0.25, 0.3) is 5.91 Å². The number of carbonyl (C=O) groups excluding carboxylic acids is 1. The van der Waals surface area contributed by atoms with Crippen molar-refractivity contribution >= 4 is 26.8 Å². The van der Waals surface area contributed by atoms with E-state index in [1.807, 2.05) is 48.0 Å². The van der Waals surface area contributed by atoms with Crippen LogP contribution in [0.3, 0.4) is 0 Å². The molecule has 10 heteroatoms. The third-order valence-corrected chi connectivity index (χ3v) is 7.89. The van der Waals surface area contributed by atoms with Crippen LogP contribution in [0.4, 0.5) is 0 Å². The second kappa shape index (κ2) is 9.02. The van der Waals surface area contributed by atoms with Crippen molar-refractivity contribution in [1.82, 2.24) is 29.6 Å². The quantitative estimate of drug-likeness (QED) is 0.409. The van der Waals surface area contributed by atoms with Gasteiger partial charge >= 0.3 is 0 Å². The van der Waals surface area contributed by atoms with Crippen LogP contribution in [0, 0.1) is 6.92 Å². The highest BCUT2D eigenvalue weighted by molar-refractivity contribution is 7.91. The number of fused-ring (bicyclic) bond motifs is 1. The summed E-state index contributed by atoms with van der Waals surface area (Å²) in [6.45, 7) is 3.10. The Morgan fingerprint density at radius 1 is 1.24 bits per heavy atom. The highest BCUT2D eigenvalue weighted by Crippen LogP contribution is 2.32. The predicted molar refractivity (Wildman–Crippen MR) is 129 cm³/mol. The molecule has 1 N–H and O–H groups in total. The number of sulfone groups is 1. The van der Waals surface area contributed by atoms with Crippen LogP contribution in [-0.2, 0) is 16.4 Å². The van der Waals surface area contributed by atoms with Crippen LogP contribution in [0.2, 0.25) is 0 Å². The maximum absolute atomic E-state index is 13.3. The molecule has 1 aromatic carbocycles. The fourth-order valence-electron chi connectivity index (χ4n) is 4.45. The van der Waals surface area contributed by atoms with Crippen LogP contribution in [-0.4, -0.2) is 56.7 Å². The van der Waals surface area contributed by atoms with Crippen molar-refractivity contribution in [3.05, 3.63) is 66.4 Å². The highest BCUT2D eigenvalue weighted by Gasteiger charge is 2.32. The molecule has 5 rings (SSSR count).